The maximum Gasteiger partial charge on any atom is 0.146 e. The lowest BCUT2D eigenvalue weighted by Crippen LogP contribution is -1.95. The lowest BCUT2D eigenvalue weighted by atomic mass is 10.0. The van der Waals surface area contributed by atoms with Gasteiger partial charge in [-0.25, -0.2) is 4.98 Å². The largest absolute Gasteiger partial charge is 0.455 e. The predicted molar refractivity (Wildman–Crippen MR) is 110 cm³/mol. The molecule has 4 rings (SSSR count). The molecule has 0 amide bonds. The Balaban J connectivity index is 1.81. The molecule has 4 aromatic rings. The Hall–Kier alpha value is -2.07. The lowest BCUT2D eigenvalue weighted by Gasteiger charge is -2.13. The number of rotatable bonds is 4. The SMILES string of the molecule is Cc1nc2cc(Cc3ccccc3Cl)c(Oc3ccccc3Cl)cc2s1. The molecule has 0 aliphatic heterocycles. The highest BCUT2D eigenvalue weighted by Gasteiger charge is 2.13. The summed E-state index contributed by atoms with van der Waals surface area (Å²) in [5.41, 5.74) is 3.04. The quantitative estimate of drug-likeness (QED) is 0.359. The van der Waals surface area contributed by atoms with Crippen LogP contribution in [0.3, 0.4) is 0 Å². The van der Waals surface area contributed by atoms with E-state index >= 15 is 0 Å². The number of para-hydroxylation sites is 1. The lowest BCUT2D eigenvalue weighted by molar-refractivity contribution is 0.478. The summed E-state index contributed by atoms with van der Waals surface area (Å²) < 4.78 is 7.26. The molecule has 0 atom stereocenters. The first kappa shape index (κ1) is 17.3. The maximum absolute atomic E-state index is 6.36. The molecule has 3 aromatic carbocycles. The summed E-state index contributed by atoms with van der Waals surface area (Å²) in [5.74, 6) is 1.41. The molecular weight excluding hydrogens is 385 g/mol. The van der Waals surface area contributed by atoms with Gasteiger partial charge >= 0.3 is 0 Å². The third-order valence-corrected chi connectivity index (χ3v) is 5.69. The molecule has 0 N–H and O–H groups in total. The average molecular weight is 400 g/mol. The van der Waals surface area contributed by atoms with Crippen LogP contribution in [0.5, 0.6) is 11.5 Å². The predicted octanol–water partition coefficient (Wildman–Crippen LogP) is 7.29. The molecule has 5 heteroatoms. The van der Waals surface area contributed by atoms with Gasteiger partial charge < -0.3 is 4.74 Å². The average Bonchev–Trinajstić information content (AvgIpc) is 2.98. The van der Waals surface area contributed by atoms with Gasteiger partial charge in [-0.05, 0) is 36.8 Å². The number of hydrogen-bond acceptors (Lipinski definition) is 3. The molecule has 0 aliphatic rings. The molecule has 0 radical (unpaired) electrons. The Kier molecular flexibility index (Phi) is 4.86. The number of thiazole rings is 1. The first-order valence-corrected chi connectivity index (χ1v) is 9.73. The zero-order valence-electron chi connectivity index (χ0n) is 14.0. The highest BCUT2D eigenvalue weighted by molar-refractivity contribution is 7.18. The van der Waals surface area contributed by atoms with Crippen LogP contribution in [0.25, 0.3) is 10.2 Å². The zero-order valence-corrected chi connectivity index (χ0v) is 16.3. The van der Waals surface area contributed by atoms with E-state index < -0.39 is 0 Å². The number of benzene rings is 3. The molecule has 0 unspecified atom stereocenters. The van der Waals surface area contributed by atoms with Crippen molar-refractivity contribution >= 4 is 44.8 Å². The number of aryl methyl sites for hydroxylation is 1. The van der Waals surface area contributed by atoms with Crippen LogP contribution in [-0.4, -0.2) is 4.98 Å². The summed E-state index contributed by atoms with van der Waals surface area (Å²) in [6, 6.07) is 19.4. The third-order valence-electron chi connectivity index (χ3n) is 4.07. The Morgan fingerprint density at radius 1 is 0.885 bits per heavy atom. The van der Waals surface area contributed by atoms with Crippen LogP contribution in [0.2, 0.25) is 10.0 Å². The molecule has 0 bridgehead atoms. The molecule has 0 spiro atoms. The Morgan fingerprint density at radius 2 is 1.62 bits per heavy atom. The number of halogens is 2. The van der Waals surface area contributed by atoms with Gasteiger partial charge in [0.1, 0.15) is 11.5 Å². The van der Waals surface area contributed by atoms with E-state index in [-0.39, 0.29) is 0 Å². The molecule has 1 aromatic heterocycles. The van der Waals surface area contributed by atoms with Crippen LogP contribution >= 0.6 is 34.5 Å². The Bertz CT molecular complexity index is 1010. The van der Waals surface area contributed by atoms with E-state index in [0.717, 1.165) is 37.1 Å². The van der Waals surface area contributed by atoms with Crippen LogP contribution in [0.1, 0.15) is 16.1 Å². The standard InChI is InChI=1S/C21H15Cl2NOS/c1-13-24-18-11-15(10-14-6-2-3-7-16(14)22)20(12-21(18)26-13)25-19-9-5-4-8-17(19)23/h2-9,11-12H,10H2,1H3. The topological polar surface area (TPSA) is 22.1 Å². The molecular formula is C21H15Cl2NOS. The van der Waals surface area contributed by atoms with Crippen molar-refractivity contribution in [3.05, 3.63) is 86.8 Å². The van der Waals surface area contributed by atoms with E-state index in [2.05, 4.69) is 11.1 Å². The minimum absolute atomic E-state index is 0.580. The molecule has 26 heavy (non-hydrogen) atoms. The zero-order chi connectivity index (χ0) is 18.1. The van der Waals surface area contributed by atoms with Crippen molar-refractivity contribution < 1.29 is 4.74 Å². The summed E-state index contributed by atoms with van der Waals surface area (Å²) in [7, 11) is 0. The summed E-state index contributed by atoms with van der Waals surface area (Å²) >= 11 is 14.3. The van der Waals surface area contributed by atoms with E-state index in [0.29, 0.717) is 17.2 Å². The number of nitrogens with zero attached hydrogens (tertiary/aromatic N) is 1. The van der Waals surface area contributed by atoms with E-state index in [4.69, 9.17) is 27.9 Å². The second-order valence-corrected chi connectivity index (χ2v) is 8.01. The van der Waals surface area contributed by atoms with Crippen molar-refractivity contribution in [2.75, 3.05) is 0 Å². The minimum Gasteiger partial charge on any atom is -0.455 e. The van der Waals surface area contributed by atoms with Gasteiger partial charge in [-0.2, -0.15) is 0 Å². The summed E-state index contributed by atoms with van der Waals surface area (Å²) in [6.45, 7) is 2.01. The van der Waals surface area contributed by atoms with Crippen molar-refractivity contribution in [1.29, 1.82) is 0 Å². The smallest absolute Gasteiger partial charge is 0.146 e. The molecule has 130 valence electrons. The van der Waals surface area contributed by atoms with Crippen LogP contribution in [0.4, 0.5) is 0 Å². The van der Waals surface area contributed by atoms with Crippen LogP contribution in [-0.2, 0) is 6.42 Å². The molecule has 2 nitrogen and oxygen atoms in total. The Labute approximate surface area is 166 Å². The van der Waals surface area contributed by atoms with Crippen molar-refractivity contribution in [2.24, 2.45) is 0 Å². The highest BCUT2D eigenvalue weighted by Crippen LogP contribution is 2.36. The molecule has 0 aliphatic carbocycles. The molecule has 0 fully saturated rings. The van der Waals surface area contributed by atoms with Gasteiger partial charge in [0.05, 0.1) is 20.2 Å². The van der Waals surface area contributed by atoms with Crippen LogP contribution in [0, 0.1) is 6.92 Å². The normalized spacial score (nSPS) is 11.0. The second-order valence-electron chi connectivity index (χ2n) is 5.96. The van der Waals surface area contributed by atoms with Crippen molar-refractivity contribution in [3.63, 3.8) is 0 Å². The first-order valence-electron chi connectivity index (χ1n) is 8.16. The van der Waals surface area contributed by atoms with Gasteiger partial charge in [-0.1, -0.05) is 53.5 Å². The molecule has 0 saturated carbocycles. The van der Waals surface area contributed by atoms with Gasteiger partial charge in [-0.3, -0.25) is 0 Å². The maximum atomic E-state index is 6.36. The van der Waals surface area contributed by atoms with E-state index in [9.17, 15) is 0 Å². The monoisotopic (exact) mass is 399 g/mol. The fourth-order valence-corrected chi connectivity index (χ4v) is 4.05. The highest BCUT2D eigenvalue weighted by atomic mass is 35.5. The number of fused-ring (bicyclic) bond motifs is 1. The number of hydrogen-bond donors (Lipinski definition) is 0. The number of ether oxygens (including phenoxy) is 1. The summed E-state index contributed by atoms with van der Waals surface area (Å²) in [6.07, 6.45) is 0.659. The fraction of sp³-hybridized carbons (Fsp3) is 0.0952. The number of aromatic nitrogens is 1. The van der Waals surface area contributed by atoms with Gasteiger partial charge in [0.2, 0.25) is 0 Å². The minimum atomic E-state index is 0.580. The van der Waals surface area contributed by atoms with Gasteiger partial charge in [-0.15, -0.1) is 11.3 Å². The fourth-order valence-electron chi connectivity index (χ4n) is 2.84. The van der Waals surface area contributed by atoms with Crippen molar-refractivity contribution in [3.8, 4) is 11.5 Å². The first-order chi connectivity index (χ1) is 12.6. The summed E-state index contributed by atoms with van der Waals surface area (Å²) in [5, 5.41) is 2.35. The molecule has 0 saturated heterocycles. The van der Waals surface area contributed by atoms with E-state index in [1.807, 2.05) is 61.5 Å². The van der Waals surface area contributed by atoms with Gasteiger partial charge in [0.25, 0.3) is 0 Å². The van der Waals surface area contributed by atoms with Gasteiger partial charge in [0, 0.05) is 23.1 Å². The Morgan fingerprint density at radius 3 is 2.38 bits per heavy atom. The van der Waals surface area contributed by atoms with Gasteiger partial charge in [0.15, 0.2) is 0 Å². The third kappa shape index (κ3) is 3.56. The second kappa shape index (κ2) is 7.28. The van der Waals surface area contributed by atoms with E-state index in [1.165, 1.54) is 0 Å². The summed E-state index contributed by atoms with van der Waals surface area (Å²) in [4.78, 5) is 4.61. The van der Waals surface area contributed by atoms with Crippen molar-refractivity contribution in [1.82, 2.24) is 4.98 Å². The van der Waals surface area contributed by atoms with E-state index in [1.54, 1.807) is 11.3 Å². The van der Waals surface area contributed by atoms with Crippen molar-refractivity contribution in [2.45, 2.75) is 13.3 Å². The van der Waals surface area contributed by atoms with Crippen LogP contribution < -0.4 is 4.74 Å². The molecule has 1 heterocycles. The van der Waals surface area contributed by atoms with Crippen LogP contribution in [0.15, 0.2) is 60.7 Å².